The predicted molar refractivity (Wildman–Crippen MR) is 124 cm³/mol. The van der Waals surface area contributed by atoms with E-state index in [9.17, 15) is 18.0 Å². The van der Waals surface area contributed by atoms with Crippen LogP contribution >= 0.6 is 0 Å². The third-order valence-corrected chi connectivity index (χ3v) is 5.59. The molecular formula is C24H25F3N6O2. The zero-order valence-corrected chi connectivity index (χ0v) is 19.0. The monoisotopic (exact) mass is 486 g/mol. The van der Waals surface area contributed by atoms with Gasteiger partial charge in [-0.3, -0.25) is 9.69 Å². The van der Waals surface area contributed by atoms with Crippen molar-refractivity contribution in [3.63, 3.8) is 0 Å². The maximum Gasteiger partial charge on any atom is 0.387 e. The number of aromatic nitrogens is 3. The molecular weight excluding hydrogens is 461 g/mol. The quantitative estimate of drug-likeness (QED) is 0.485. The van der Waals surface area contributed by atoms with E-state index in [1.165, 1.54) is 24.3 Å². The van der Waals surface area contributed by atoms with Crippen molar-refractivity contribution in [3.05, 3.63) is 66.0 Å². The van der Waals surface area contributed by atoms with E-state index in [0.29, 0.717) is 30.5 Å². The number of para-hydroxylation sites is 2. The molecule has 0 unspecified atom stereocenters. The highest BCUT2D eigenvalue weighted by atomic mass is 19.3. The number of rotatable bonds is 8. The number of halogens is 3. The molecule has 0 saturated carbocycles. The van der Waals surface area contributed by atoms with Gasteiger partial charge in [0.2, 0.25) is 5.91 Å². The highest BCUT2D eigenvalue weighted by Crippen LogP contribution is 2.29. The van der Waals surface area contributed by atoms with Crippen molar-refractivity contribution in [1.29, 1.82) is 0 Å². The Bertz CT molecular complexity index is 1150. The standard InChI is InChI=1S/C24H25F3N6O2/c1-15-29-19(12-22(30-15)32-21-7-6-17(25)13-28-21)16-8-10-33(11-9-16)14-23(34)31-18-4-2-3-5-20(18)35-24(26)27/h2-7,12-13,16,24H,8-11,14H2,1H3,(H,31,34)(H,28,29,30,32). The van der Waals surface area contributed by atoms with Gasteiger partial charge in [0.15, 0.2) is 0 Å². The Hall–Kier alpha value is -3.73. The van der Waals surface area contributed by atoms with Gasteiger partial charge in [-0.1, -0.05) is 12.1 Å². The number of anilines is 3. The molecule has 2 N–H and O–H groups in total. The summed E-state index contributed by atoms with van der Waals surface area (Å²) in [7, 11) is 0. The Morgan fingerprint density at radius 2 is 1.91 bits per heavy atom. The van der Waals surface area contributed by atoms with Crippen LogP contribution in [0.15, 0.2) is 48.7 Å². The number of aryl methyl sites for hydroxylation is 1. The highest BCUT2D eigenvalue weighted by Gasteiger charge is 2.24. The molecule has 1 aliphatic rings. The molecule has 35 heavy (non-hydrogen) atoms. The Balaban J connectivity index is 1.32. The number of piperidine rings is 1. The Morgan fingerprint density at radius 3 is 2.63 bits per heavy atom. The number of carbonyl (C=O) groups excluding carboxylic acids is 1. The number of benzene rings is 1. The molecule has 184 valence electrons. The van der Waals surface area contributed by atoms with Crippen molar-refractivity contribution in [2.24, 2.45) is 0 Å². The van der Waals surface area contributed by atoms with Crippen molar-refractivity contribution in [1.82, 2.24) is 19.9 Å². The molecule has 1 aliphatic heterocycles. The van der Waals surface area contributed by atoms with E-state index in [0.717, 1.165) is 24.7 Å². The largest absolute Gasteiger partial charge is 0.433 e. The molecule has 2 aromatic heterocycles. The van der Waals surface area contributed by atoms with E-state index in [2.05, 4.69) is 30.3 Å². The Labute approximate surface area is 200 Å². The fourth-order valence-corrected chi connectivity index (χ4v) is 3.99. The molecule has 0 atom stereocenters. The number of nitrogens with one attached hydrogen (secondary N) is 2. The second-order valence-electron chi connectivity index (χ2n) is 8.19. The summed E-state index contributed by atoms with van der Waals surface area (Å²) in [6.45, 7) is 0.334. The number of pyridine rings is 1. The van der Waals surface area contributed by atoms with E-state index in [1.807, 2.05) is 17.9 Å². The number of carbonyl (C=O) groups is 1. The average Bonchev–Trinajstić information content (AvgIpc) is 2.82. The number of amides is 1. The topological polar surface area (TPSA) is 92.3 Å². The summed E-state index contributed by atoms with van der Waals surface area (Å²) < 4.78 is 42.7. The SMILES string of the molecule is Cc1nc(Nc2ccc(F)cn2)cc(C2CCN(CC(=O)Nc3ccccc3OC(F)F)CC2)n1. The summed E-state index contributed by atoms with van der Waals surface area (Å²) >= 11 is 0. The van der Waals surface area contributed by atoms with Gasteiger partial charge in [0, 0.05) is 17.7 Å². The molecule has 11 heteroatoms. The minimum atomic E-state index is -2.97. The molecule has 0 radical (unpaired) electrons. The first kappa shape index (κ1) is 24.4. The van der Waals surface area contributed by atoms with Gasteiger partial charge in [-0.2, -0.15) is 8.78 Å². The third-order valence-electron chi connectivity index (χ3n) is 5.59. The van der Waals surface area contributed by atoms with Gasteiger partial charge in [0.1, 0.15) is 29.0 Å². The molecule has 1 fully saturated rings. The van der Waals surface area contributed by atoms with E-state index in [-0.39, 0.29) is 29.8 Å². The molecule has 0 aliphatic carbocycles. The Morgan fingerprint density at radius 1 is 1.14 bits per heavy atom. The molecule has 1 aromatic carbocycles. The van der Waals surface area contributed by atoms with Crippen LogP contribution in [0, 0.1) is 12.7 Å². The highest BCUT2D eigenvalue weighted by molar-refractivity contribution is 5.93. The lowest BCUT2D eigenvalue weighted by atomic mass is 9.93. The lowest BCUT2D eigenvalue weighted by Gasteiger charge is -2.31. The fraction of sp³-hybridized carbons (Fsp3) is 0.333. The first-order valence-corrected chi connectivity index (χ1v) is 11.2. The minimum absolute atomic E-state index is 0.0751. The second kappa shape index (κ2) is 11.1. The van der Waals surface area contributed by atoms with Gasteiger partial charge in [-0.25, -0.2) is 19.3 Å². The van der Waals surface area contributed by atoms with Gasteiger partial charge in [0.05, 0.1) is 18.4 Å². The fourth-order valence-electron chi connectivity index (χ4n) is 3.99. The maximum atomic E-state index is 13.1. The van der Waals surface area contributed by atoms with Crippen molar-refractivity contribution in [2.45, 2.75) is 32.3 Å². The summed E-state index contributed by atoms with van der Waals surface area (Å²) in [4.78, 5) is 27.5. The zero-order valence-electron chi connectivity index (χ0n) is 19.0. The van der Waals surface area contributed by atoms with Crippen LogP contribution < -0.4 is 15.4 Å². The van der Waals surface area contributed by atoms with Crippen LogP contribution in [0.1, 0.15) is 30.3 Å². The van der Waals surface area contributed by atoms with Crippen molar-refractivity contribution in [2.75, 3.05) is 30.3 Å². The summed E-state index contributed by atoms with van der Waals surface area (Å²) in [6.07, 6.45) is 2.72. The van der Waals surface area contributed by atoms with Crippen molar-refractivity contribution in [3.8, 4) is 5.75 Å². The summed E-state index contributed by atoms with van der Waals surface area (Å²) in [6, 6.07) is 10.8. The van der Waals surface area contributed by atoms with Gasteiger partial charge in [0.25, 0.3) is 0 Å². The maximum absolute atomic E-state index is 13.1. The normalized spacial score (nSPS) is 14.7. The molecule has 4 rings (SSSR count). The summed E-state index contributed by atoms with van der Waals surface area (Å²) in [5.74, 6) is 1.08. The first-order chi connectivity index (χ1) is 16.9. The minimum Gasteiger partial charge on any atom is -0.433 e. The van der Waals surface area contributed by atoms with Crippen LogP contribution in [0.5, 0.6) is 5.75 Å². The van der Waals surface area contributed by atoms with E-state index >= 15 is 0 Å². The van der Waals surface area contributed by atoms with Crippen LogP contribution in [-0.4, -0.2) is 52.0 Å². The van der Waals surface area contributed by atoms with Crippen LogP contribution in [-0.2, 0) is 4.79 Å². The van der Waals surface area contributed by atoms with Gasteiger partial charge < -0.3 is 15.4 Å². The molecule has 3 heterocycles. The van der Waals surface area contributed by atoms with Crippen LogP contribution in [0.3, 0.4) is 0 Å². The Kier molecular flexibility index (Phi) is 7.76. The summed E-state index contributed by atoms with van der Waals surface area (Å²) in [5, 5.41) is 5.73. The first-order valence-electron chi connectivity index (χ1n) is 11.2. The number of ether oxygens (including phenoxy) is 1. The van der Waals surface area contributed by atoms with E-state index < -0.39 is 12.4 Å². The molecule has 0 bridgehead atoms. The number of hydrogen-bond donors (Lipinski definition) is 2. The average molecular weight is 486 g/mol. The van der Waals surface area contributed by atoms with E-state index in [1.54, 1.807) is 12.1 Å². The molecule has 3 aromatic rings. The third kappa shape index (κ3) is 6.89. The summed E-state index contributed by atoms with van der Waals surface area (Å²) in [5.41, 5.74) is 1.10. The lowest BCUT2D eigenvalue weighted by molar-refractivity contribution is -0.117. The van der Waals surface area contributed by atoms with Crippen molar-refractivity contribution >= 4 is 23.2 Å². The number of nitrogens with zero attached hydrogens (tertiary/aromatic N) is 4. The van der Waals surface area contributed by atoms with E-state index in [4.69, 9.17) is 0 Å². The number of alkyl halides is 2. The van der Waals surface area contributed by atoms with Gasteiger partial charge >= 0.3 is 6.61 Å². The molecule has 1 amide bonds. The zero-order chi connectivity index (χ0) is 24.8. The predicted octanol–water partition coefficient (Wildman–Crippen LogP) is 4.48. The molecule has 1 saturated heterocycles. The van der Waals surface area contributed by atoms with Gasteiger partial charge in [-0.05, 0) is 57.1 Å². The van der Waals surface area contributed by atoms with Crippen LogP contribution in [0.4, 0.5) is 30.5 Å². The number of hydrogen-bond acceptors (Lipinski definition) is 7. The second-order valence-corrected chi connectivity index (χ2v) is 8.19. The van der Waals surface area contributed by atoms with Crippen LogP contribution in [0.25, 0.3) is 0 Å². The number of likely N-dealkylation sites (tertiary alicyclic amines) is 1. The van der Waals surface area contributed by atoms with Crippen LogP contribution in [0.2, 0.25) is 0 Å². The lowest BCUT2D eigenvalue weighted by Crippen LogP contribution is -2.39. The molecule has 8 nitrogen and oxygen atoms in total. The van der Waals surface area contributed by atoms with Gasteiger partial charge in [-0.15, -0.1) is 0 Å². The smallest absolute Gasteiger partial charge is 0.387 e. The van der Waals surface area contributed by atoms with Crippen molar-refractivity contribution < 1.29 is 22.7 Å². The molecule has 0 spiro atoms.